The molecule has 2 aliphatic rings. The van der Waals surface area contributed by atoms with Crippen molar-refractivity contribution in [1.82, 2.24) is 4.90 Å². The van der Waals surface area contributed by atoms with Crippen molar-refractivity contribution in [3.63, 3.8) is 0 Å². The van der Waals surface area contributed by atoms with Gasteiger partial charge in [-0.3, -0.25) is 4.90 Å². The Morgan fingerprint density at radius 3 is 2.12 bits per heavy atom. The van der Waals surface area contributed by atoms with E-state index in [0.717, 1.165) is 12.5 Å². The number of nitrogens with zero attached hydrogens (tertiary/aromatic N) is 1. The van der Waals surface area contributed by atoms with Crippen LogP contribution in [-0.4, -0.2) is 30.6 Å². The predicted molar refractivity (Wildman–Crippen MR) is 74.0 cm³/mol. The molecule has 17 heavy (non-hydrogen) atoms. The van der Waals surface area contributed by atoms with Gasteiger partial charge in [0.05, 0.1) is 0 Å². The lowest BCUT2D eigenvalue weighted by Gasteiger charge is -2.54. The second-order valence-electron chi connectivity index (χ2n) is 6.84. The van der Waals surface area contributed by atoms with Crippen LogP contribution >= 0.6 is 0 Å². The average molecular weight is 238 g/mol. The molecule has 0 radical (unpaired) electrons. The summed E-state index contributed by atoms with van der Waals surface area (Å²) < 4.78 is 0. The van der Waals surface area contributed by atoms with Crippen molar-refractivity contribution in [2.24, 2.45) is 17.1 Å². The smallest absolute Gasteiger partial charge is 0.0221 e. The molecule has 2 rings (SSSR count). The van der Waals surface area contributed by atoms with Gasteiger partial charge in [0, 0.05) is 25.7 Å². The molecule has 1 spiro atoms. The summed E-state index contributed by atoms with van der Waals surface area (Å²) in [6.07, 6.45) is 10.1. The largest absolute Gasteiger partial charge is 0.329 e. The van der Waals surface area contributed by atoms with Gasteiger partial charge in [0.1, 0.15) is 0 Å². The highest BCUT2D eigenvalue weighted by Gasteiger charge is 2.44. The monoisotopic (exact) mass is 238 g/mol. The fraction of sp³-hybridized carbons (Fsp3) is 1.00. The van der Waals surface area contributed by atoms with Gasteiger partial charge in [0.15, 0.2) is 0 Å². The van der Waals surface area contributed by atoms with Gasteiger partial charge in [-0.05, 0) is 30.6 Å². The zero-order valence-corrected chi connectivity index (χ0v) is 11.8. The summed E-state index contributed by atoms with van der Waals surface area (Å²) in [5.74, 6) is 0.772. The molecule has 1 saturated heterocycles. The molecule has 0 bridgehead atoms. The van der Waals surface area contributed by atoms with E-state index in [1.165, 1.54) is 58.0 Å². The summed E-state index contributed by atoms with van der Waals surface area (Å²) in [6, 6.07) is 0.642. The Morgan fingerprint density at radius 1 is 1.06 bits per heavy atom. The quantitative estimate of drug-likeness (QED) is 0.816. The van der Waals surface area contributed by atoms with Crippen molar-refractivity contribution in [3.8, 4) is 0 Å². The van der Waals surface area contributed by atoms with Crippen LogP contribution in [0.15, 0.2) is 0 Å². The summed E-state index contributed by atoms with van der Waals surface area (Å²) in [5, 5.41) is 0. The van der Waals surface area contributed by atoms with Gasteiger partial charge in [-0.25, -0.2) is 0 Å². The average Bonchev–Trinajstić information content (AvgIpc) is 2.49. The summed E-state index contributed by atoms with van der Waals surface area (Å²) in [6.45, 7) is 8.13. The van der Waals surface area contributed by atoms with E-state index in [1.54, 1.807) is 0 Å². The number of nitrogens with two attached hydrogens (primary N) is 1. The second-order valence-corrected chi connectivity index (χ2v) is 6.84. The second kappa shape index (κ2) is 5.71. The number of hydrogen-bond acceptors (Lipinski definition) is 2. The summed E-state index contributed by atoms with van der Waals surface area (Å²) in [5.41, 5.74) is 6.63. The maximum Gasteiger partial charge on any atom is 0.0221 e. The van der Waals surface area contributed by atoms with Crippen LogP contribution in [0, 0.1) is 11.3 Å². The topological polar surface area (TPSA) is 29.3 Å². The van der Waals surface area contributed by atoms with E-state index in [2.05, 4.69) is 18.7 Å². The van der Waals surface area contributed by atoms with Crippen molar-refractivity contribution in [2.75, 3.05) is 19.6 Å². The fourth-order valence-electron chi connectivity index (χ4n) is 3.81. The SMILES string of the molecule is CC(C)CC(CN)N1CC2(CCCCCC2)C1. The predicted octanol–water partition coefficient (Wildman–Crippen LogP) is 3.02. The third kappa shape index (κ3) is 3.23. The molecule has 0 amide bonds. The number of likely N-dealkylation sites (tertiary alicyclic amines) is 1. The molecule has 2 heteroatoms. The van der Waals surface area contributed by atoms with E-state index >= 15 is 0 Å². The van der Waals surface area contributed by atoms with Crippen LogP contribution in [0.4, 0.5) is 0 Å². The summed E-state index contributed by atoms with van der Waals surface area (Å²) in [7, 11) is 0. The molecule has 0 aromatic carbocycles. The minimum Gasteiger partial charge on any atom is -0.329 e. The highest BCUT2D eigenvalue weighted by atomic mass is 15.2. The molecule has 100 valence electrons. The van der Waals surface area contributed by atoms with E-state index in [9.17, 15) is 0 Å². The maximum atomic E-state index is 5.94. The minimum atomic E-state index is 0.642. The van der Waals surface area contributed by atoms with Gasteiger partial charge in [-0.1, -0.05) is 39.5 Å². The van der Waals surface area contributed by atoms with Crippen LogP contribution in [0.3, 0.4) is 0 Å². The highest BCUT2D eigenvalue weighted by Crippen LogP contribution is 2.43. The highest BCUT2D eigenvalue weighted by molar-refractivity contribution is 4.98. The molecule has 2 fully saturated rings. The molecule has 1 atom stereocenters. The first-order chi connectivity index (χ1) is 8.15. The van der Waals surface area contributed by atoms with E-state index in [-0.39, 0.29) is 0 Å². The van der Waals surface area contributed by atoms with Crippen molar-refractivity contribution in [2.45, 2.75) is 64.8 Å². The van der Waals surface area contributed by atoms with E-state index in [0.29, 0.717) is 11.5 Å². The van der Waals surface area contributed by atoms with Gasteiger partial charge < -0.3 is 5.73 Å². The molecule has 0 aromatic heterocycles. The molecule has 1 aliphatic heterocycles. The lowest BCUT2D eigenvalue weighted by atomic mass is 9.72. The van der Waals surface area contributed by atoms with E-state index in [4.69, 9.17) is 5.73 Å². The summed E-state index contributed by atoms with van der Waals surface area (Å²) >= 11 is 0. The maximum absolute atomic E-state index is 5.94. The third-order valence-electron chi connectivity index (χ3n) is 4.77. The molecule has 2 nitrogen and oxygen atoms in total. The van der Waals surface area contributed by atoms with Crippen molar-refractivity contribution >= 4 is 0 Å². The lowest BCUT2D eigenvalue weighted by molar-refractivity contribution is -0.0440. The van der Waals surface area contributed by atoms with Gasteiger partial charge >= 0.3 is 0 Å². The molecule has 0 aromatic rings. The third-order valence-corrected chi connectivity index (χ3v) is 4.77. The van der Waals surface area contributed by atoms with Crippen molar-refractivity contribution < 1.29 is 0 Å². The molecule has 2 N–H and O–H groups in total. The molecule has 1 heterocycles. The van der Waals surface area contributed by atoms with Crippen LogP contribution in [0.25, 0.3) is 0 Å². The Labute approximate surface area is 107 Å². The number of rotatable bonds is 4. The fourth-order valence-corrected chi connectivity index (χ4v) is 3.81. The van der Waals surface area contributed by atoms with Crippen LogP contribution < -0.4 is 5.73 Å². The van der Waals surface area contributed by atoms with Crippen molar-refractivity contribution in [1.29, 1.82) is 0 Å². The molecule has 1 aliphatic carbocycles. The Balaban J connectivity index is 1.83. The Morgan fingerprint density at radius 2 is 1.65 bits per heavy atom. The van der Waals surface area contributed by atoms with Crippen LogP contribution in [0.1, 0.15) is 58.8 Å². The first kappa shape index (κ1) is 13.4. The van der Waals surface area contributed by atoms with Gasteiger partial charge in [0.2, 0.25) is 0 Å². The van der Waals surface area contributed by atoms with Crippen LogP contribution in [0.5, 0.6) is 0 Å². The molecule has 1 saturated carbocycles. The Kier molecular flexibility index (Phi) is 4.48. The molecular formula is C15H30N2. The summed E-state index contributed by atoms with van der Waals surface area (Å²) in [4.78, 5) is 2.66. The minimum absolute atomic E-state index is 0.642. The van der Waals surface area contributed by atoms with Gasteiger partial charge in [-0.15, -0.1) is 0 Å². The first-order valence-corrected chi connectivity index (χ1v) is 7.59. The van der Waals surface area contributed by atoms with Gasteiger partial charge in [-0.2, -0.15) is 0 Å². The lowest BCUT2D eigenvalue weighted by Crippen LogP contribution is -2.61. The Bertz CT molecular complexity index is 221. The zero-order valence-electron chi connectivity index (χ0n) is 11.8. The Hall–Kier alpha value is -0.0800. The van der Waals surface area contributed by atoms with Crippen LogP contribution in [0.2, 0.25) is 0 Å². The number of hydrogen-bond donors (Lipinski definition) is 1. The normalized spacial score (nSPS) is 26.8. The molecular weight excluding hydrogens is 208 g/mol. The molecule has 1 unspecified atom stereocenters. The zero-order chi connectivity index (χ0) is 12.3. The van der Waals surface area contributed by atoms with Crippen LogP contribution in [-0.2, 0) is 0 Å². The standard InChI is InChI=1S/C15H30N2/c1-13(2)9-14(10-16)17-11-15(12-17)7-5-3-4-6-8-15/h13-14H,3-12,16H2,1-2H3. The van der Waals surface area contributed by atoms with E-state index in [1.807, 2.05) is 0 Å². The van der Waals surface area contributed by atoms with E-state index < -0.39 is 0 Å². The van der Waals surface area contributed by atoms with Gasteiger partial charge in [0.25, 0.3) is 0 Å². The first-order valence-electron chi connectivity index (χ1n) is 7.59. The van der Waals surface area contributed by atoms with Crippen molar-refractivity contribution in [3.05, 3.63) is 0 Å².